The van der Waals surface area contributed by atoms with Crippen molar-refractivity contribution in [1.29, 1.82) is 0 Å². The van der Waals surface area contributed by atoms with Crippen LogP contribution in [0.15, 0.2) is 23.1 Å². The zero-order chi connectivity index (χ0) is 17.6. The predicted molar refractivity (Wildman–Crippen MR) is 80.6 cm³/mol. The summed E-state index contributed by atoms with van der Waals surface area (Å²) in [6, 6.07) is 2.02. The van der Waals surface area contributed by atoms with Crippen LogP contribution in [0.1, 0.15) is 11.5 Å². The first-order valence-electron chi connectivity index (χ1n) is 6.63. The van der Waals surface area contributed by atoms with Gasteiger partial charge in [0.2, 0.25) is 5.28 Å². The Morgan fingerprint density at radius 2 is 1.83 bits per heavy atom. The number of fused-ring (bicyclic) bond motifs is 1. The van der Waals surface area contributed by atoms with Gasteiger partial charge in [-0.15, -0.1) is 0 Å². The molecule has 0 aromatic carbocycles. The topological polar surface area (TPSA) is 73.6 Å². The quantitative estimate of drug-likeness (QED) is 0.627. The van der Waals surface area contributed by atoms with E-state index in [0.717, 1.165) is 12.3 Å². The van der Waals surface area contributed by atoms with Crippen LogP contribution in [0.3, 0.4) is 0 Å². The van der Waals surface area contributed by atoms with Crippen LogP contribution in [0.2, 0.25) is 5.28 Å². The molecule has 0 bridgehead atoms. The molecule has 0 radical (unpaired) electrons. The van der Waals surface area contributed by atoms with E-state index in [1.54, 1.807) is 6.92 Å². The van der Waals surface area contributed by atoms with Gasteiger partial charge in [-0.1, -0.05) is 0 Å². The van der Waals surface area contributed by atoms with Crippen LogP contribution in [0, 0.1) is 6.92 Å². The summed E-state index contributed by atoms with van der Waals surface area (Å²) in [6.07, 6.45) is -3.54. The van der Waals surface area contributed by atoms with Crippen LogP contribution >= 0.6 is 11.6 Å². The lowest BCUT2D eigenvalue weighted by Gasteiger charge is -2.10. The molecule has 3 aromatic rings. The third-order valence-electron chi connectivity index (χ3n) is 3.45. The maximum Gasteiger partial charge on any atom is 0.433 e. The number of alkyl halides is 3. The molecule has 3 rings (SSSR count). The molecule has 0 aliphatic carbocycles. The molecule has 0 fully saturated rings. The van der Waals surface area contributed by atoms with Gasteiger partial charge in [0.15, 0.2) is 5.52 Å². The van der Waals surface area contributed by atoms with E-state index < -0.39 is 17.4 Å². The maximum absolute atomic E-state index is 12.6. The molecule has 0 unspecified atom stereocenters. The summed E-state index contributed by atoms with van der Waals surface area (Å²) >= 11 is 5.84. The van der Waals surface area contributed by atoms with Crippen molar-refractivity contribution >= 4 is 22.6 Å². The number of rotatable bonds is 1. The van der Waals surface area contributed by atoms with Crippen LogP contribution in [0.5, 0.6) is 0 Å². The fourth-order valence-electron chi connectivity index (χ4n) is 2.13. The van der Waals surface area contributed by atoms with Crippen molar-refractivity contribution in [2.45, 2.75) is 13.1 Å². The molecule has 0 atom stereocenters. The van der Waals surface area contributed by atoms with Gasteiger partial charge in [-0.05, 0) is 30.7 Å². The standard InChI is InChI=1S/C14H9ClF3N5O/c1-6-20-10-9(7-3-4-8(19-5-7)14(16,17)18)21-13(15)22-11(10)12(24)23(6)2/h3-5H,1-2H3. The van der Waals surface area contributed by atoms with Crippen molar-refractivity contribution in [2.24, 2.45) is 7.05 Å². The minimum atomic E-state index is -4.55. The summed E-state index contributed by atoms with van der Waals surface area (Å²) in [7, 11) is 1.53. The number of hydrogen-bond donors (Lipinski definition) is 0. The fourth-order valence-corrected chi connectivity index (χ4v) is 2.30. The first-order chi connectivity index (χ1) is 11.2. The smallest absolute Gasteiger partial charge is 0.298 e. The molecule has 3 aromatic heterocycles. The van der Waals surface area contributed by atoms with E-state index in [4.69, 9.17) is 11.6 Å². The van der Waals surface area contributed by atoms with Gasteiger partial charge < -0.3 is 0 Å². The number of aryl methyl sites for hydroxylation is 1. The summed E-state index contributed by atoms with van der Waals surface area (Å²) in [4.78, 5) is 27.8. The van der Waals surface area contributed by atoms with Crippen LogP contribution in [0.4, 0.5) is 13.2 Å². The molecule has 10 heteroatoms. The molecule has 24 heavy (non-hydrogen) atoms. The van der Waals surface area contributed by atoms with Gasteiger partial charge in [-0.2, -0.15) is 13.2 Å². The highest BCUT2D eigenvalue weighted by Crippen LogP contribution is 2.30. The van der Waals surface area contributed by atoms with E-state index in [1.165, 1.54) is 17.7 Å². The third-order valence-corrected chi connectivity index (χ3v) is 3.62. The molecular weight excluding hydrogens is 347 g/mol. The summed E-state index contributed by atoms with van der Waals surface area (Å²) in [5.41, 5.74) is -0.928. The molecule has 0 spiro atoms. The van der Waals surface area contributed by atoms with Crippen molar-refractivity contribution in [3.8, 4) is 11.3 Å². The fraction of sp³-hybridized carbons (Fsp3) is 0.214. The molecular formula is C14H9ClF3N5O. The summed E-state index contributed by atoms with van der Waals surface area (Å²) in [5.74, 6) is 0.402. The zero-order valence-electron chi connectivity index (χ0n) is 12.4. The van der Waals surface area contributed by atoms with E-state index in [2.05, 4.69) is 19.9 Å². The minimum absolute atomic E-state index is 0.0157. The van der Waals surface area contributed by atoms with Gasteiger partial charge in [-0.3, -0.25) is 14.3 Å². The van der Waals surface area contributed by atoms with Gasteiger partial charge in [-0.25, -0.2) is 15.0 Å². The highest BCUT2D eigenvalue weighted by molar-refractivity contribution is 6.28. The molecule has 0 amide bonds. The maximum atomic E-state index is 12.6. The van der Waals surface area contributed by atoms with E-state index in [-0.39, 0.29) is 27.6 Å². The average molecular weight is 356 g/mol. The molecule has 0 aliphatic heterocycles. The monoisotopic (exact) mass is 355 g/mol. The van der Waals surface area contributed by atoms with Crippen LogP contribution < -0.4 is 5.56 Å². The molecule has 6 nitrogen and oxygen atoms in total. The lowest BCUT2D eigenvalue weighted by molar-refractivity contribution is -0.141. The van der Waals surface area contributed by atoms with Gasteiger partial charge >= 0.3 is 6.18 Å². The second-order valence-electron chi connectivity index (χ2n) is 4.99. The average Bonchev–Trinajstić information content (AvgIpc) is 2.52. The van der Waals surface area contributed by atoms with Crippen molar-refractivity contribution in [2.75, 3.05) is 0 Å². The van der Waals surface area contributed by atoms with E-state index >= 15 is 0 Å². The summed E-state index contributed by atoms with van der Waals surface area (Å²) < 4.78 is 39.2. The predicted octanol–water partition coefficient (Wildman–Crippen LogP) is 2.77. The lowest BCUT2D eigenvalue weighted by atomic mass is 10.1. The highest BCUT2D eigenvalue weighted by atomic mass is 35.5. The first kappa shape index (κ1) is 16.3. The van der Waals surface area contributed by atoms with E-state index in [9.17, 15) is 18.0 Å². The highest BCUT2D eigenvalue weighted by Gasteiger charge is 2.32. The number of halogens is 4. The minimum Gasteiger partial charge on any atom is -0.298 e. The molecule has 0 saturated carbocycles. The molecule has 3 heterocycles. The Kier molecular flexibility index (Phi) is 3.75. The molecule has 0 N–H and O–H groups in total. The second-order valence-corrected chi connectivity index (χ2v) is 5.33. The Morgan fingerprint density at radius 1 is 1.12 bits per heavy atom. The molecule has 0 saturated heterocycles. The number of aromatic nitrogens is 5. The Hall–Kier alpha value is -2.55. The Balaban J connectivity index is 2.28. The van der Waals surface area contributed by atoms with Gasteiger partial charge in [0.05, 0.1) is 0 Å². The first-order valence-corrected chi connectivity index (χ1v) is 7.01. The number of pyridine rings is 1. The van der Waals surface area contributed by atoms with Crippen molar-refractivity contribution in [3.63, 3.8) is 0 Å². The molecule has 124 valence electrons. The Bertz CT molecular complexity index is 998. The zero-order valence-corrected chi connectivity index (χ0v) is 13.1. The van der Waals surface area contributed by atoms with Gasteiger partial charge in [0.1, 0.15) is 22.7 Å². The van der Waals surface area contributed by atoms with Crippen molar-refractivity contribution in [3.05, 3.63) is 45.5 Å². The lowest BCUT2D eigenvalue weighted by Crippen LogP contribution is -2.22. The summed E-state index contributed by atoms with van der Waals surface area (Å²) in [6.45, 7) is 1.62. The van der Waals surface area contributed by atoms with Crippen LogP contribution in [-0.2, 0) is 13.2 Å². The van der Waals surface area contributed by atoms with E-state index in [1.807, 2.05) is 0 Å². The van der Waals surface area contributed by atoms with E-state index in [0.29, 0.717) is 5.82 Å². The SMILES string of the molecule is Cc1nc2c(-c3ccc(C(F)(F)F)nc3)nc(Cl)nc2c(=O)n1C. The van der Waals surface area contributed by atoms with Crippen LogP contribution in [-0.4, -0.2) is 24.5 Å². The van der Waals surface area contributed by atoms with Crippen molar-refractivity contribution in [1.82, 2.24) is 24.5 Å². The van der Waals surface area contributed by atoms with Gasteiger partial charge in [0, 0.05) is 18.8 Å². The summed E-state index contributed by atoms with van der Waals surface area (Å²) in [5, 5.41) is -0.208. The number of nitrogens with zero attached hydrogens (tertiary/aromatic N) is 5. The second kappa shape index (κ2) is 5.52. The van der Waals surface area contributed by atoms with Crippen molar-refractivity contribution < 1.29 is 13.2 Å². The Labute approximate surface area is 138 Å². The normalized spacial score (nSPS) is 11.9. The largest absolute Gasteiger partial charge is 0.433 e. The third kappa shape index (κ3) is 2.71. The number of hydrogen-bond acceptors (Lipinski definition) is 5. The Morgan fingerprint density at radius 3 is 2.42 bits per heavy atom. The molecule has 0 aliphatic rings. The van der Waals surface area contributed by atoms with Crippen LogP contribution in [0.25, 0.3) is 22.3 Å². The van der Waals surface area contributed by atoms with Gasteiger partial charge in [0.25, 0.3) is 5.56 Å².